The topological polar surface area (TPSA) is 57.6 Å². The lowest BCUT2D eigenvalue weighted by Gasteiger charge is -2.34. The highest BCUT2D eigenvalue weighted by molar-refractivity contribution is 5.87. The fourth-order valence-electron chi connectivity index (χ4n) is 1.87. The number of likely N-dealkylation sites (N-methyl/N-ethyl adjacent to an activating group) is 1. The average molecular weight is 267 g/mol. The fraction of sp³-hybridized carbons (Fsp3) is 0.429. The van der Waals surface area contributed by atoms with Crippen LogP contribution in [0.25, 0.3) is 0 Å². The van der Waals surface area contributed by atoms with E-state index < -0.39 is 11.5 Å². The molecule has 1 rings (SSSR count). The van der Waals surface area contributed by atoms with E-state index in [4.69, 9.17) is 5.11 Å². The molecule has 1 N–H and O–H groups in total. The van der Waals surface area contributed by atoms with Crippen molar-refractivity contribution in [3.05, 3.63) is 35.6 Å². The molecule has 4 nitrogen and oxygen atoms in total. The molecule has 0 aliphatic rings. The third-order valence-electron chi connectivity index (χ3n) is 3.08. The Hall–Kier alpha value is -1.91. The van der Waals surface area contributed by atoms with Crippen LogP contribution in [0, 0.1) is 5.82 Å². The van der Waals surface area contributed by atoms with E-state index >= 15 is 0 Å². The van der Waals surface area contributed by atoms with Crippen LogP contribution in [0.4, 0.5) is 4.39 Å². The van der Waals surface area contributed by atoms with E-state index in [-0.39, 0.29) is 18.1 Å². The van der Waals surface area contributed by atoms with Gasteiger partial charge in [-0.1, -0.05) is 12.1 Å². The molecule has 0 aliphatic carbocycles. The summed E-state index contributed by atoms with van der Waals surface area (Å²) in [5, 5.41) is 9.15. The molecule has 104 valence electrons. The van der Waals surface area contributed by atoms with Gasteiger partial charge in [-0.2, -0.15) is 0 Å². The Morgan fingerprint density at radius 2 is 1.79 bits per heavy atom. The van der Waals surface area contributed by atoms with Crippen molar-refractivity contribution in [3.63, 3.8) is 0 Å². The lowest BCUT2D eigenvalue weighted by atomic mass is 10.0. The number of carbonyl (C=O) groups excluding carboxylic acids is 1. The zero-order chi connectivity index (χ0) is 14.6. The van der Waals surface area contributed by atoms with Gasteiger partial charge in [0.2, 0.25) is 5.91 Å². The van der Waals surface area contributed by atoms with Crippen molar-refractivity contribution in [1.29, 1.82) is 0 Å². The first-order valence-electron chi connectivity index (χ1n) is 6.07. The number of halogens is 1. The molecule has 0 aliphatic heterocycles. The van der Waals surface area contributed by atoms with E-state index in [1.165, 1.54) is 43.0 Å². The number of aliphatic carboxylic acids is 1. The summed E-state index contributed by atoms with van der Waals surface area (Å²) in [6.45, 7) is 5.01. The maximum absolute atomic E-state index is 12.8. The smallest absolute Gasteiger partial charge is 0.329 e. The van der Waals surface area contributed by atoms with Gasteiger partial charge in [0, 0.05) is 6.54 Å². The zero-order valence-electron chi connectivity index (χ0n) is 11.3. The van der Waals surface area contributed by atoms with Crippen LogP contribution in [0.2, 0.25) is 0 Å². The van der Waals surface area contributed by atoms with E-state index in [0.717, 1.165) is 0 Å². The molecule has 0 heterocycles. The van der Waals surface area contributed by atoms with Crippen molar-refractivity contribution in [1.82, 2.24) is 4.90 Å². The van der Waals surface area contributed by atoms with Crippen molar-refractivity contribution in [3.8, 4) is 0 Å². The van der Waals surface area contributed by atoms with Gasteiger partial charge in [0.25, 0.3) is 0 Å². The van der Waals surface area contributed by atoms with Gasteiger partial charge in [0.1, 0.15) is 11.4 Å². The number of carbonyl (C=O) groups is 2. The molecule has 0 unspecified atom stereocenters. The van der Waals surface area contributed by atoms with Gasteiger partial charge in [0.05, 0.1) is 6.42 Å². The summed E-state index contributed by atoms with van der Waals surface area (Å²) in [5.74, 6) is -1.71. The second-order valence-electron chi connectivity index (χ2n) is 4.81. The van der Waals surface area contributed by atoms with Crippen LogP contribution in [-0.2, 0) is 16.0 Å². The predicted molar refractivity (Wildman–Crippen MR) is 69.2 cm³/mol. The lowest BCUT2D eigenvalue weighted by Crippen LogP contribution is -2.53. The normalized spacial score (nSPS) is 11.2. The molecule has 0 atom stereocenters. The number of amides is 1. The minimum absolute atomic E-state index is 0.0603. The molecule has 1 aromatic carbocycles. The molecule has 0 bridgehead atoms. The first kappa shape index (κ1) is 15.1. The Kier molecular flexibility index (Phi) is 4.64. The number of carboxylic acid groups (broad SMARTS) is 1. The molecular weight excluding hydrogens is 249 g/mol. The van der Waals surface area contributed by atoms with Crippen LogP contribution in [0.5, 0.6) is 0 Å². The van der Waals surface area contributed by atoms with E-state index in [1.807, 2.05) is 0 Å². The van der Waals surface area contributed by atoms with Gasteiger partial charge in [-0.25, -0.2) is 9.18 Å². The molecule has 5 heteroatoms. The standard InChI is InChI=1S/C14H18FNO3/c1-4-16(14(2,3)13(18)19)12(17)9-10-5-7-11(15)8-6-10/h5-8H,4,9H2,1-3H3,(H,18,19). The third kappa shape index (κ3) is 3.53. The van der Waals surface area contributed by atoms with Crippen molar-refractivity contribution in [2.45, 2.75) is 32.7 Å². The van der Waals surface area contributed by atoms with Crippen molar-refractivity contribution >= 4 is 11.9 Å². The highest BCUT2D eigenvalue weighted by atomic mass is 19.1. The number of hydrogen-bond acceptors (Lipinski definition) is 2. The van der Waals surface area contributed by atoms with Crippen LogP contribution in [0.3, 0.4) is 0 Å². The van der Waals surface area contributed by atoms with Crippen molar-refractivity contribution in [2.24, 2.45) is 0 Å². The van der Waals surface area contributed by atoms with Crippen LogP contribution >= 0.6 is 0 Å². The largest absolute Gasteiger partial charge is 0.480 e. The van der Waals surface area contributed by atoms with E-state index in [9.17, 15) is 14.0 Å². The highest BCUT2D eigenvalue weighted by Gasteiger charge is 2.36. The molecule has 0 fully saturated rings. The van der Waals surface area contributed by atoms with Gasteiger partial charge in [-0.3, -0.25) is 4.79 Å². The number of rotatable bonds is 5. The molecule has 0 radical (unpaired) electrons. The van der Waals surface area contributed by atoms with Crippen LogP contribution in [0.15, 0.2) is 24.3 Å². The molecule has 1 aromatic rings. The second-order valence-corrected chi connectivity index (χ2v) is 4.81. The van der Waals surface area contributed by atoms with Gasteiger partial charge < -0.3 is 10.0 Å². The Morgan fingerprint density at radius 1 is 1.26 bits per heavy atom. The molecule has 0 spiro atoms. The summed E-state index contributed by atoms with van der Waals surface area (Å²) in [6.07, 6.45) is 0.0603. The molecule has 0 aromatic heterocycles. The maximum atomic E-state index is 12.8. The first-order valence-corrected chi connectivity index (χ1v) is 6.07. The van der Waals surface area contributed by atoms with E-state index in [2.05, 4.69) is 0 Å². The third-order valence-corrected chi connectivity index (χ3v) is 3.08. The highest BCUT2D eigenvalue weighted by Crippen LogP contribution is 2.16. The Bertz CT molecular complexity index is 468. The predicted octanol–water partition coefficient (Wildman–Crippen LogP) is 2.08. The summed E-state index contributed by atoms with van der Waals surface area (Å²) < 4.78 is 12.8. The molecule has 1 amide bonds. The first-order chi connectivity index (χ1) is 8.78. The maximum Gasteiger partial charge on any atom is 0.329 e. The quantitative estimate of drug-likeness (QED) is 0.888. The fourth-order valence-corrected chi connectivity index (χ4v) is 1.87. The van der Waals surface area contributed by atoms with Crippen LogP contribution in [-0.4, -0.2) is 34.0 Å². The van der Waals surface area contributed by atoms with Gasteiger partial charge in [0.15, 0.2) is 0 Å². The number of carboxylic acids is 1. The van der Waals surface area contributed by atoms with Gasteiger partial charge in [-0.05, 0) is 38.5 Å². The SMILES string of the molecule is CCN(C(=O)Cc1ccc(F)cc1)C(C)(C)C(=O)O. The Labute approximate surface area is 111 Å². The molecule has 19 heavy (non-hydrogen) atoms. The number of nitrogens with zero attached hydrogens (tertiary/aromatic N) is 1. The second kappa shape index (κ2) is 5.82. The Morgan fingerprint density at radius 3 is 2.21 bits per heavy atom. The number of benzene rings is 1. The summed E-state index contributed by atoms with van der Waals surface area (Å²) in [6, 6.07) is 5.60. The average Bonchev–Trinajstić information content (AvgIpc) is 2.32. The molecular formula is C14H18FNO3. The van der Waals surface area contributed by atoms with Crippen molar-refractivity contribution in [2.75, 3.05) is 6.54 Å². The minimum Gasteiger partial charge on any atom is -0.480 e. The van der Waals surface area contributed by atoms with Crippen molar-refractivity contribution < 1.29 is 19.1 Å². The lowest BCUT2D eigenvalue weighted by molar-refractivity contribution is -0.156. The van der Waals surface area contributed by atoms with E-state index in [1.54, 1.807) is 6.92 Å². The summed E-state index contributed by atoms with van der Waals surface area (Å²) in [4.78, 5) is 24.6. The summed E-state index contributed by atoms with van der Waals surface area (Å²) >= 11 is 0. The monoisotopic (exact) mass is 267 g/mol. The Balaban J connectivity index is 2.86. The number of hydrogen-bond donors (Lipinski definition) is 1. The zero-order valence-corrected chi connectivity index (χ0v) is 11.3. The molecule has 0 saturated carbocycles. The van der Waals surface area contributed by atoms with Gasteiger partial charge in [-0.15, -0.1) is 0 Å². The minimum atomic E-state index is -1.26. The van der Waals surface area contributed by atoms with Crippen LogP contribution < -0.4 is 0 Å². The van der Waals surface area contributed by atoms with Gasteiger partial charge >= 0.3 is 5.97 Å². The summed E-state index contributed by atoms with van der Waals surface area (Å²) in [7, 11) is 0. The van der Waals surface area contributed by atoms with Crippen LogP contribution in [0.1, 0.15) is 26.3 Å². The summed E-state index contributed by atoms with van der Waals surface area (Å²) in [5.41, 5.74) is -0.600. The van der Waals surface area contributed by atoms with E-state index in [0.29, 0.717) is 12.1 Å². The molecule has 0 saturated heterocycles.